The lowest BCUT2D eigenvalue weighted by molar-refractivity contribution is -0.646. The number of benzene rings is 2. The van der Waals surface area contributed by atoms with Crippen molar-refractivity contribution in [1.29, 1.82) is 0 Å². The fourth-order valence-corrected chi connectivity index (χ4v) is 2.64. The zero-order chi connectivity index (χ0) is 16.4. The van der Waals surface area contributed by atoms with Gasteiger partial charge in [-0.15, -0.1) is 0 Å². The van der Waals surface area contributed by atoms with Crippen LogP contribution in [0, 0.1) is 15.3 Å². The first kappa shape index (κ1) is 14.5. The third-order valence-corrected chi connectivity index (χ3v) is 3.48. The fourth-order valence-electron chi connectivity index (χ4n) is 2.64. The van der Waals surface area contributed by atoms with Crippen LogP contribution in [0.2, 0.25) is 0 Å². The highest BCUT2D eigenvalue weighted by molar-refractivity contribution is 5.95. The number of nitrogens with one attached hydrogen (secondary N) is 2. The number of hydrogen-bond donors (Lipinski definition) is 2. The Morgan fingerprint density at radius 1 is 1.04 bits per heavy atom. The van der Waals surface area contributed by atoms with Crippen molar-refractivity contribution in [2.24, 2.45) is 0 Å². The van der Waals surface area contributed by atoms with Gasteiger partial charge < -0.3 is 20.6 Å². The van der Waals surface area contributed by atoms with Gasteiger partial charge in [-0.25, -0.2) is 9.55 Å². The van der Waals surface area contributed by atoms with E-state index in [4.69, 9.17) is 15.3 Å². The topological polar surface area (TPSA) is 115 Å². The Morgan fingerprint density at radius 3 is 2.48 bits per heavy atom. The third kappa shape index (κ3) is 2.82. The Morgan fingerprint density at radius 2 is 1.70 bits per heavy atom. The van der Waals surface area contributed by atoms with Crippen LogP contribution in [0.4, 0.5) is 5.69 Å². The van der Waals surface area contributed by atoms with Gasteiger partial charge in [0, 0.05) is 0 Å². The lowest BCUT2D eigenvalue weighted by Crippen LogP contribution is -2.39. The second kappa shape index (κ2) is 5.76. The molecule has 8 nitrogen and oxygen atoms in total. The van der Waals surface area contributed by atoms with Gasteiger partial charge in [0.25, 0.3) is 11.7 Å². The number of aromatic amines is 1. The van der Waals surface area contributed by atoms with Gasteiger partial charge in [-0.1, -0.05) is 24.3 Å². The summed E-state index contributed by atoms with van der Waals surface area (Å²) in [5.41, 5.74) is 3.96. The van der Waals surface area contributed by atoms with E-state index in [-0.39, 0.29) is 5.91 Å². The summed E-state index contributed by atoms with van der Waals surface area (Å²) in [4.78, 5) is 23.7. The quantitative estimate of drug-likeness (QED) is 0.374. The number of amides is 1. The summed E-state index contributed by atoms with van der Waals surface area (Å²) in [6, 6.07) is 15.9. The minimum absolute atomic E-state index is 0.000882. The molecule has 23 heavy (non-hydrogen) atoms. The Balaban J connectivity index is 0.000000354. The maximum atomic E-state index is 12.0. The molecule has 8 heteroatoms. The summed E-state index contributed by atoms with van der Waals surface area (Å²) >= 11 is 0. The van der Waals surface area contributed by atoms with E-state index in [1.54, 1.807) is 0 Å². The lowest BCUT2D eigenvalue weighted by atomic mass is 10.1. The molecule has 0 aliphatic carbocycles. The van der Waals surface area contributed by atoms with E-state index in [1.807, 2.05) is 53.1 Å². The molecule has 2 heterocycles. The molecule has 0 saturated carbocycles. The highest BCUT2D eigenvalue weighted by Crippen LogP contribution is 2.28. The van der Waals surface area contributed by atoms with Gasteiger partial charge in [-0.05, 0) is 24.3 Å². The number of hydrogen-bond acceptors (Lipinski definition) is 4. The molecule has 0 atom stereocenters. The van der Waals surface area contributed by atoms with Gasteiger partial charge in [0.15, 0.2) is 17.6 Å². The van der Waals surface area contributed by atoms with Crippen LogP contribution in [0.15, 0.2) is 48.5 Å². The average molecular weight is 312 g/mol. The van der Waals surface area contributed by atoms with E-state index in [9.17, 15) is 4.79 Å². The van der Waals surface area contributed by atoms with Crippen molar-refractivity contribution in [3.8, 4) is 11.4 Å². The van der Waals surface area contributed by atoms with E-state index >= 15 is 0 Å². The normalized spacial score (nSPS) is 12.3. The van der Waals surface area contributed by atoms with Crippen LogP contribution in [0.1, 0.15) is 0 Å². The second-order valence-corrected chi connectivity index (χ2v) is 4.89. The molecule has 116 valence electrons. The maximum Gasteiger partial charge on any atom is 0.290 e. The van der Waals surface area contributed by atoms with Crippen molar-refractivity contribution in [1.82, 2.24) is 4.98 Å². The summed E-state index contributed by atoms with van der Waals surface area (Å²) in [5.74, 6) is 0.969. The summed E-state index contributed by atoms with van der Waals surface area (Å²) < 4.78 is 2.02. The molecular formula is C15H12N4O4. The van der Waals surface area contributed by atoms with E-state index in [2.05, 4.69) is 10.3 Å². The largest absolute Gasteiger partial charge is 0.356 e. The SMILES string of the molecule is O=C1C[n+]2c([nH]c3ccccc32)-c2ccccc2N1.O=[N+]([O-])[O-]. The molecule has 0 fully saturated rings. The molecule has 0 bridgehead atoms. The molecule has 1 amide bonds. The first-order valence-electron chi connectivity index (χ1n) is 6.77. The Kier molecular flexibility index (Phi) is 3.63. The molecule has 3 aromatic rings. The molecule has 0 saturated heterocycles. The van der Waals surface area contributed by atoms with Gasteiger partial charge in [-0.3, -0.25) is 4.79 Å². The summed E-state index contributed by atoms with van der Waals surface area (Å²) in [5, 5.41) is 17.7. The van der Waals surface area contributed by atoms with Crippen molar-refractivity contribution < 1.29 is 14.4 Å². The highest BCUT2D eigenvalue weighted by atomic mass is 16.9. The first-order valence-corrected chi connectivity index (χ1v) is 6.77. The predicted octanol–water partition coefficient (Wildman–Crippen LogP) is 1.84. The molecule has 0 radical (unpaired) electrons. The monoisotopic (exact) mass is 312 g/mol. The number of anilines is 1. The van der Waals surface area contributed by atoms with Gasteiger partial charge in [-0.2, -0.15) is 0 Å². The molecular weight excluding hydrogens is 300 g/mol. The predicted molar refractivity (Wildman–Crippen MR) is 82.9 cm³/mol. The number of carbonyl (C=O) groups excluding carboxylic acids is 1. The highest BCUT2D eigenvalue weighted by Gasteiger charge is 2.27. The average Bonchev–Trinajstić information content (AvgIpc) is 2.79. The fraction of sp³-hybridized carbons (Fsp3) is 0.0667. The van der Waals surface area contributed by atoms with Crippen LogP contribution in [0.5, 0.6) is 0 Å². The molecule has 2 N–H and O–H groups in total. The van der Waals surface area contributed by atoms with Crippen LogP contribution < -0.4 is 9.88 Å². The van der Waals surface area contributed by atoms with Crippen molar-refractivity contribution in [2.45, 2.75) is 6.54 Å². The first-order chi connectivity index (χ1) is 11.1. The van der Waals surface area contributed by atoms with Crippen molar-refractivity contribution in [2.75, 3.05) is 5.32 Å². The summed E-state index contributed by atoms with van der Waals surface area (Å²) in [6.45, 7) is 0.327. The number of H-pyrrole nitrogens is 1. The van der Waals surface area contributed by atoms with Crippen LogP contribution in [0.25, 0.3) is 22.4 Å². The van der Waals surface area contributed by atoms with Gasteiger partial charge in [0.1, 0.15) is 0 Å². The molecule has 1 aromatic heterocycles. The van der Waals surface area contributed by atoms with E-state index in [0.717, 1.165) is 28.1 Å². The minimum atomic E-state index is -1.75. The number of carbonyl (C=O) groups is 1. The zero-order valence-electron chi connectivity index (χ0n) is 11.9. The number of aromatic nitrogens is 2. The molecule has 1 aliphatic rings. The molecule has 0 unspecified atom stereocenters. The van der Waals surface area contributed by atoms with Crippen LogP contribution in [-0.4, -0.2) is 16.0 Å². The summed E-state index contributed by atoms with van der Waals surface area (Å²) in [6.07, 6.45) is 0. The molecule has 4 rings (SSSR count). The maximum absolute atomic E-state index is 12.0. The number of nitrogens with zero attached hydrogens (tertiary/aromatic N) is 2. The van der Waals surface area contributed by atoms with E-state index < -0.39 is 5.09 Å². The van der Waals surface area contributed by atoms with Gasteiger partial charge >= 0.3 is 0 Å². The van der Waals surface area contributed by atoms with Crippen LogP contribution in [-0.2, 0) is 11.3 Å². The third-order valence-electron chi connectivity index (χ3n) is 3.48. The van der Waals surface area contributed by atoms with E-state index in [1.165, 1.54) is 0 Å². The van der Waals surface area contributed by atoms with Crippen molar-refractivity contribution >= 4 is 22.6 Å². The smallest absolute Gasteiger partial charge is 0.290 e. The number of imidazole rings is 1. The Labute approximate surface area is 130 Å². The summed E-state index contributed by atoms with van der Waals surface area (Å²) in [7, 11) is 0. The second-order valence-electron chi connectivity index (χ2n) is 4.89. The minimum Gasteiger partial charge on any atom is -0.356 e. The Bertz CT molecular complexity index is 899. The lowest BCUT2D eigenvalue weighted by Gasteiger charge is -2.01. The van der Waals surface area contributed by atoms with Crippen molar-refractivity contribution in [3.63, 3.8) is 0 Å². The van der Waals surface area contributed by atoms with Gasteiger partial charge in [0.05, 0.1) is 16.3 Å². The molecule has 0 spiro atoms. The number of fused-ring (bicyclic) bond motifs is 5. The van der Waals surface area contributed by atoms with Crippen molar-refractivity contribution in [3.05, 3.63) is 63.9 Å². The Hall–Kier alpha value is -3.42. The standard InChI is InChI=1S/C15H11N3O.NO3/c19-14-9-18-13-8-4-3-7-12(13)17-15(18)10-5-1-2-6-11(10)16-14;2-1(3)4/h1-8H,9H2,(H,16,17,19);/q;-1/p+1. The van der Waals surface area contributed by atoms with Gasteiger partial charge in [0.2, 0.25) is 0 Å². The zero-order valence-corrected chi connectivity index (χ0v) is 11.9. The number of para-hydroxylation sites is 3. The number of rotatable bonds is 0. The van der Waals surface area contributed by atoms with E-state index in [0.29, 0.717) is 6.54 Å². The van der Waals surface area contributed by atoms with Crippen LogP contribution in [0.3, 0.4) is 0 Å². The molecule has 1 aliphatic heterocycles. The van der Waals surface area contributed by atoms with Crippen LogP contribution >= 0.6 is 0 Å². The molecule has 2 aromatic carbocycles.